The summed E-state index contributed by atoms with van der Waals surface area (Å²) in [4.78, 5) is 4.52. The molecule has 0 N–H and O–H groups in total. The zero-order chi connectivity index (χ0) is 15.4. The third kappa shape index (κ3) is 4.60. The van der Waals surface area contributed by atoms with Crippen LogP contribution in [-0.4, -0.2) is 4.98 Å². The number of rotatable bonds is 4. The fourth-order valence-electron chi connectivity index (χ4n) is 2.64. The predicted molar refractivity (Wildman–Crippen MR) is 92.5 cm³/mol. The van der Waals surface area contributed by atoms with Crippen LogP contribution in [0.2, 0.25) is 0 Å². The molecule has 3 aromatic rings. The Bertz CT molecular complexity index is 751. The fourth-order valence-corrected chi connectivity index (χ4v) is 2.64. The number of benzene rings is 2. The molecule has 0 saturated carbocycles. The van der Waals surface area contributed by atoms with E-state index in [-0.39, 0.29) is 20.1 Å². The minimum atomic E-state index is 0. The van der Waals surface area contributed by atoms with E-state index in [9.17, 15) is 0 Å². The summed E-state index contributed by atoms with van der Waals surface area (Å²) in [5.41, 5.74) is 5.79. The molecular formula is C21H20IrN-. The van der Waals surface area contributed by atoms with Gasteiger partial charge < -0.3 is 4.98 Å². The van der Waals surface area contributed by atoms with Gasteiger partial charge in [0.05, 0.1) is 0 Å². The van der Waals surface area contributed by atoms with Gasteiger partial charge in [-0.1, -0.05) is 55.8 Å². The third-order valence-electron chi connectivity index (χ3n) is 3.65. The summed E-state index contributed by atoms with van der Waals surface area (Å²) in [6, 6.07) is 24.3. The minimum absolute atomic E-state index is 0. The molecule has 119 valence electrons. The van der Waals surface area contributed by atoms with Gasteiger partial charge in [0.25, 0.3) is 0 Å². The molecule has 1 nitrogen and oxygen atoms in total. The Kier molecular flexibility index (Phi) is 6.27. The van der Waals surface area contributed by atoms with E-state index in [2.05, 4.69) is 73.4 Å². The molecule has 0 saturated heterocycles. The fraction of sp³-hybridized carbons (Fsp3) is 0.190. The molecule has 0 aliphatic rings. The van der Waals surface area contributed by atoms with Crippen molar-refractivity contribution in [1.82, 2.24) is 4.98 Å². The first kappa shape index (κ1) is 17.6. The second kappa shape index (κ2) is 8.19. The van der Waals surface area contributed by atoms with Crippen molar-refractivity contribution in [2.45, 2.75) is 20.3 Å². The number of aromatic nitrogens is 1. The standard InChI is InChI=1S/C21H20N.Ir/c1-16(2)13-17-11-12-22-21(14-17)20-10-6-9-19(15-20)18-7-4-3-5-8-18;/h3-9,11-12,14-16H,13H2,1-2H3;/q-1;. The quantitative estimate of drug-likeness (QED) is 0.457. The largest absolute Gasteiger partial charge is 0.305 e. The van der Waals surface area contributed by atoms with Gasteiger partial charge in [0.1, 0.15) is 0 Å². The predicted octanol–water partition coefficient (Wildman–Crippen LogP) is 5.41. The van der Waals surface area contributed by atoms with E-state index in [1.54, 1.807) is 0 Å². The van der Waals surface area contributed by atoms with Gasteiger partial charge in [-0.2, -0.15) is 0 Å². The van der Waals surface area contributed by atoms with Crippen LogP contribution in [0.3, 0.4) is 0 Å². The molecule has 0 aliphatic carbocycles. The van der Waals surface area contributed by atoms with Crippen LogP contribution in [0.15, 0.2) is 66.9 Å². The van der Waals surface area contributed by atoms with Gasteiger partial charge >= 0.3 is 0 Å². The van der Waals surface area contributed by atoms with Crippen molar-refractivity contribution in [3.63, 3.8) is 0 Å². The molecule has 2 aromatic carbocycles. The average Bonchev–Trinajstić information content (AvgIpc) is 2.55. The Morgan fingerprint density at radius 1 is 0.957 bits per heavy atom. The summed E-state index contributed by atoms with van der Waals surface area (Å²) in [7, 11) is 0. The first-order valence-corrected chi connectivity index (χ1v) is 7.75. The van der Waals surface area contributed by atoms with Gasteiger partial charge in [-0.25, -0.2) is 0 Å². The molecule has 1 radical (unpaired) electrons. The van der Waals surface area contributed by atoms with Gasteiger partial charge in [0, 0.05) is 26.3 Å². The summed E-state index contributed by atoms with van der Waals surface area (Å²) in [6.45, 7) is 4.48. The van der Waals surface area contributed by atoms with Gasteiger partial charge in [0.2, 0.25) is 0 Å². The second-order valence-corrected chi connectivity index (χ2v) is 6.00. The maximum absolute atomic E-state index is 4.52. The molecule has 1 aromatic heterocycles. The van der Waals surface area contributed by atoms with Gasteiger partial charge in [-0.3, -0.25) is 0 Å². The van der Waals surface area contributed by atoms with E-state index in [4.69, 9.17) is 0 Å². The Morgan fingerprint density at radius 3 is 2.48 bits per heavy atom. The van der Waals surface area contributed by atoms with E-state index >= 15 is 0 Å². The molecule has 0 atom stereocenters. The molecular weight excluding hydrogens is 458 g/mol. The van der Waals surface area contributed by atoms with Crippen LogP contribution in [0.4, 0.5) is 0 Å². The summed E-state index contributed by atoms with van der Waals surface area (Å²) in [5, 5.41) is 0. The zero-order valence-corrected chi connectivity index (χ0v) is 15.8. The molecule has 23 heavy (non-hydrogen) atoms. The van der Waals surface area contributed by atoms with Crippen molar-refractivity contribution < 1.29 is 20.1 Å². The van der Waals surface area contributed by atoms with Crippen LogP contribution in [0.5, 0.6) is 0 Å². The van der Waals surface area contributed by atoms with Crippen LogP contribution in [0.25, 0.3) is 22.4 Å². The van der Waals surface area contributed by atoms with Crippen LogP contribution in [-0.2, 0) is 26.5 Å². The molecule has 0 fully saturated rings. The van der Waals surface area contributed by atoms with Crippen molar-refractivity contribution in [1.29, 1.82) is 0 Å². The van der Waals surface area contributed by atoms with E-state index in [0.29, 0.717) is 5.92 Å². The molecule has 0 spiro atoms. The molecule has 2 heteroatoms. The van der Waals surface area contributed by atoms with E-state index in [0.717, 1.165) is 17.7 Å². The first-order valence-electron chi connectivity index (χ1n) is 7.75. The summed E-state index contributed by atoms with van der Waals surface area (Å²) < 4.78 is 0. The minimum Gasteiger partial charge on any atom is -0.305 e. The number of nitrogens with zero attached hydrogens (tertiary/aromatic N) is 1. The third-order valence-corrected chi connectivity index (χ3v) is 3.65. The Morgan fingerprint density at radius 2 is 1.74 bits per heavy atom. The molecule has 0 amide bonds. The van der Waals surface area contributed by atoms with Crippen LogP contribution in [0, 0.1) is 12.0 Å². The van der Waals surface area contributed by atoms with Gasteiger partial charge in [-0.05, 0) is 29.7 Å². The zero-order valence-electron chi connectivity index (χ0n) is 13.4. The molecule has 0 unspecified atom stereocenters. The van der Waals surface area contributed by atoms with E-state index < -0.39 is 0 Å². The number of hydrogen-bond acceptors (Lipinski definition) is 1. The van der Waals surface area contributed by atoms with Crippen molar-refractivity contribution >= 4 is 0 Å². The van der Waals surface area contributed by atoms with Crippen molar-refractivity contribution in [3.05, 3.63) is 78.5 Å². The maximum atomic E-state index is 4.52. The summed E-state index contributed by atoms with van der Waals surface area (Å²) >= 11 is 0. The summed E-state index contributed by atoms with van der Waals surface area (Å²) in [5.74, 6) is 0.648. The Balaban J connectivity index is 0.00000192. The SMILES string of the molecule is CC(C)Cc1ccnc(-c2[c-]ccc(-c3ccccc3)c2)c1.[Ir]. The smallest absolute Gasteiger partial charge is 0.0163 e. The Labute approximate surface area is 152 Å². The van der Waals surface area contributed by atoms with Crippen LogP contribution in [0.1, 0.15) is 19.4 Å². The average molecular weight is 479 g/mol. The first-order chi connectivity index (χ1) is 10.7. The van der Waals surface area contributed by atoms with Crippen LogP contribution >= 0.6 is 0 Å². The maximum Gasteiger partial charge on any atom is 0.0163 e. The number of pyridine rings is 1. The van der Waals surface area contributed by atoms with Crippen molar-refractivity contribution in [2.75, 3.05) is 0 Å². The molecule has 3 rings (SSSR count). The topological polar surface area (TPSA) is 12.9 Å². The van der Waals surface area contributed by atoms with Gasteiger partial charge in [0.15, 0.2) is 0 Å². The van der Waals surface area contributed by atoms with Crippen LogP contribution < -0.4 is 0 Å². The Hall–Kier alpha value is -1.76. The van der Waals surface area contributed by atoms with Crippen molar-refractivity contribution in [3.8, 4) is 22.4 Å². The normalized spacial score (nSPS) is 10.4. The number of hydrogen-bond donors (Lipinski definition) is 0. The summed E-state index contributed by atoms with van der Waals surface area (Å²) in [6.07, 6.45) is 2.98. The van der Waals surface area contributed by atoms with Gasteiger partial charge in [-0.15, -0.1) is 35.4 Å². The molecule has 1 heterocycles. The molecule has 0 aliphatic heterocycles. The molecule has 0 bridgehead atoms. The van der Waals surface area contributed by atoms with E-state index in [1.165, 1.54) is 16.7 Å². The van der Waals surface area contributed by atoms with Crippen molar-refractivity contribution in [2.24, 2.45) is 5.92 Å². The second-order valence-electron chi connectivity index (χ2n) is 6.00. The van der Waals surface area contributed by atoms with E-state index in [1.807, 2.05) is 18.3 Å². The monoisotopic (exact) mass is 479 g/mol.